The molecule has 0 aromatic heterocycles. The van der Waals surface area contributed by atoms with Gasteiger partial charge in [-0.15, -0.1) is 0 Å². The largest absolute Gasteiger partial charge is 0.460 e. The summed E-state index contributed by atoms with van der Waals surface area (Å²) in [5.41, 5.74) is 0. The van der Waals surface area contributed by atoms with E-state index in [9.17, 15) is 4.89 Å². The van der Waals surface area contributed by atoms with Gasteiger partial charge in [-0.3, -0.25) is 0 Å². The Labute approximate surface area is 239 Å². The molecular formula is C16H11Cl10O6P. The van der Waals surface area contributed by atoms with Crippen LogP contribution in [-0.4, -0.2) is 41.5 Å². The molecule has 3 N–H and O–H groups in total. The van der Waals surface area contributed by atoms with E-state index in [2.05, 4.69) is 4.74 Å². The van der Waals surface area contributed by atoms with Crippen LogP contribution in [0.1, 0.15) is 0 Å². The fourth-order valence-electron chi connectivity index (χ4n) is 1.74. The zero-order valence-corrected chi connectivity index (χ0v) is 24.1. The quantitative estimate of drug-likeness (QED) is 0.111. The molecule has 6 nitrogen and oxygen atoms in total. The van der Waals surface area contributed by atoms with Gasteiger partial charge in [0.1, 0.15) is 20.1 Å². The molecule has 0 unspecified atom stereocenters. The van der Waals surface area contributed by atoms with Crippen molar-refractivity contribution in [3.63, 3.8) is 0 Å². The molecule has 17 heteroatoms. The predicted octanol–water partition coefficient (Wildman–Crippen LogP) is 8.89. The first-order valence-electron chi connectivity index (χ1n) is 8.07. The Morgan fingerprint density at radius 1 is 0.485 bits per heavy atom. The van der Waals surface area contributed by atoms with Crippen molar-refractivity contribution in [3.05, 3.63) is 50.2 Å². The highest BCUT2D eigenvalue weighted by Crippen LogP contribution is 2.54. The maximum absolute atomic E-state index is 10.1. The van der Waals surface area contributed by atoms with Gasteiger partial charge in [-0.05, 0) is 0 Å². The molecule has 0 aliphatic rings. The van der Waals surface area contributed by atoms with Gasteiger partial charge in [-0.1, -0.05) is 116 Å². The fourth-order valence-corrected chi connectivity index (χ4v) is 5.06. The molecule has 2 aromatic rings. The molecular weight excluding hydrogens is 674 g/mol. The molecule has 0 bridgehead atoms. The summed E-state index contributed by atoms with van der Waals surface area (Å²) in [7, 11) is -2.73. The smallest absolute Gasteiger partial charge is 0.415 e. The monoisotopic (exact) mass is 680 g/mol. The number of aliphatic hydroxyl groups is 2. The van der Waals surface area contributed by atoms with Crippen LogP contribution in [0.25, 0.3) is 0 Å². The van der Waals surface area contributed by atoms with Crippen molar-refractivity contribution in [1.29, 1.82) is 0 Å². The fraction of sp³-hybridized carbons (Fsp3) is 0.250. The molecule has 0 saturated carbocycles. The number of hydrogen-bond acceptors (Lipinski definition) is 6. The van der Waals surface area contributed by atoms with Crippen molar-refractivity contribution >= 4 is 125 Å². The lowest BCUT2D eigenvalue weighted by Gasteiger charge is -2.18. The Hall–Kier alpha value is 1.21. The van der Waals surface area contributed by atoms with Crippen LogP contribution >= 0.6 is 125 Å². The second-order valence-corrected chi connectivity index (χ2v) is 9.90. The third-order valence-electron chi connectivity index (χ3n) is 3.15. The molecule has 33 heavy (non-hydrogen) atoms. The van der Waals surface area contributed by atoms with Crippen LogP contribution in [-0.2, 0) is 4.74 Å². The topological polar surface area (TPSA) is 88.4 Å². The first-order valence-corrected chi connectivity index (χ1v) is 13.0. The van der Waals surface area contributed by atoms with Gasteiger partial charge in [0, 0.05) is 0 Å². The molecule has 0 spiro atoms. The van der Waals surface area contributed by atoms with Gasteiger partial charge in [-0.2, -0.15) is 0 Å². The van der Waals surface area contributed by atoms with Gasteiger partial charge < -0.3 is 28.9 Å². The first-order chi connectivity index (χ1) is 15.4. The molecule has 0 aliphatic heterocycles. The van der Waals surface area contributed by atoms with E-state index in [0.29, 0.717) is 13.2 Å². The average molecular weight is 685 g/mol. The van der Waals surface area contributed by atoms with Gasteiger partial charge >= 0.3 is 8.60 Å². The Morgan fingerprint density at radius 2 is 0.727 bits per heavy atom. The third kappa shape index (κ3) is 8.63. The molecule has 0 saturated heterocycles. The van der Waals surface area contributed by atoms with E-state index in [1.54, 1.807) is 0 Å². The number of halogens is 10. The maximum atomic E-state index is 10.1. The maximum Gasteiger partial charge on any atom is 0.460 e. The lowest BCUT2D eigenvalue weighted by atomic mass is 10.3. The summed E-state index contributed by atoms with van der Waals surface area (Å²) in [6.07, 6.45) is 0. The summed E-state index contributed by atoms with van der Waals surface area (Å²) in [6.45, 7) is 0.696. The van der Waals surface area contributed by atoms with Gasteiger partial charge in [0.05, 0.1) is 56.6 Å². The lowest BCUT2D eigenvalue weighted by molar-refractivity contribution is 0.0650. The minimum Gasteiger partial charge on any atom is -0.415 e. The normalized spacial score (nSPS) is 10.8. The molecule has 2 aromatic carbocycles. The Morgan fingerprint density at radius 3 is 0.970 bits per heavy atom. The summed E-state index contributed by atoms with van der Waals surface area (Å²) < 4.78 is 15.0. The zero-order valence-electron chi connectivity index (χ0n) is 15.6. The average Bonchev–Trinajstić information content (AvgIpc) is 2.80. The second kappa shape index (κ2) is 15.5. The lowest BCUT2D eigenvalue weighted by Crippen LogP contribution is -2.03. The summed E-state index contributed by atoms with van der Waals surface area (Å²) in [5, 5.41) is 14.7. The van der Waals surface area contributed by atoms with E-state index < -0.39 is 8.60 Å². The van der Waals surface area contributed by atoms with Crippen LogP contribution in [0, 0.1) is 0 Å². The van der Waals surface area contributed by atoms with Crippen LogP contribution in [0.15, 0.2) is 0 Å². The molecule has 0 heterocycles. The highest BCUT2D eigenvalue weighted by atomic mass is 35.5. The minimum atomic E-state index is -2.73. The van der Waals surface area contributed by atoms with Crippen LogP contribution < -0.4 is 9.05 Å². The number of rotatable bonds is 8. The summed E-state index contributed by atoms with van der Waals surface area (Å²) in [4.78, 5) is 10.1. The van der Waals surface area contributed by atoms with E-state index in [-0.39, 0.29) is 74.9 Å². The Balaban J connectivity index is 0.000000675. The van der Waals surface area contributed by atoms with Crippen LogP contribution in [0.5, 0.6) is 11.5 Å². The summed E-state index contributed by atoms with van der Waals surface area (Å²) in [5.74, 6) is -0.528. The third-order valence-corrected chi connectivity index (χ3v) is 8.31. The highest BCUT2D eigenvalue weighted by Gasteiger charge is 2.27. The van der Waals surface area contributed by atoms with Crippen molar-refractivity contribution < 1.29 is 28.9 Å². The molecule has 0 amide bonds. The summed E-state index contributed by atoms with van der Waals surface area (Å²) in [6, 6.07) is 0. The van der Waals surface area contributed by atoms with Crippen molar-refractivity contribution in [2.45, 2.75) is 0 Å². The van der Waals surface area contributed by atoms with E-state index >= 15 is 0 Å². The zero-order chi connectivity index (χ0) is 25.5. The van der Waals surface area contributed by atoms with Crippen LogP contribution in [0.2, 0.25) is 50.2 Å². The first kappa shape index (κ1) is 32.2. The van der Waals surface area contributed by atoms with E-state index in [1.807, 2.05) is 0 Å². The number of hydrogen-bond donors (Lipinski definition) is 3. The molecule has 0 radical (unpaired) electrons. The SMILES string of the molecule is OCCOCCO.OP(Oc1c(Cl)c(Cl)c(Cl)c(Cl)c1Cl)Oc1c(Cl)c(Cl)c(Cl)c(Cl)c1Cl. The number of ether oxygens (including phenoxy) is 1. The number of aliphatic hydroxyl groups excluding tert-OH is 2. The predicted molar refractivity (Wildman–Crippen MR) is 138 cm³/mol. The van der Waals surface area contributed by atoms with E-state index in [1.165, 1.54) is 0 Å². The van der Waals surface area contributed by atoms with Crippen molar-refractivity contribution in [3.8, 4) is 11.5 Å². The Bertz CT molecular complexity index is 846. The van der Waals surface area contributed by atoms with Gasteiger partial charge in [0.25, 0.3) is 0 Å². The van der Waals surface area contributed by atoms with E-state index in [4.69, 9.17) is 135 Å². The Kier molecular flexibility index (Phi) is 15.1. The summed E-state index contributed by atoms with van der Waals surface area (Å²) >= 11 is 59.4. The van der Waals surface area contributed by atoms with Crippen molar-refractivity contribution in [2.75, 3.05) is 26.4 Å². The van der Waals surface area contributed by atoms with E-state index in [0.717, 1.165) is 0 Å². The molecule has 186 valence electrons. The minimum absolute atomic E-state index is 0.0278. The standard InChI is InChI=1S/C12HCl10O3P.C4H10O3/c13-1-3(15)7(19)11(8(20)4(1)16)24-26(23)25-12-9(21)5(17)2(14)6(18)10(12)22;5-1-3-7-4-2-6/h23H;5-6H,1-4H2. The molecule has 0 fully saturated rings. The highest BCUT2D eigenvalue weighted by molar-refractivity contribution is 7.41. The molecule has 0 atom stereocenters. The van der Waals surface area contributed by atoms with Crippen molar-refractivity contribution in [1.82, 2.24) is 0 Å². The van der Waals surface area contributed by atoms with Gasteiger partial charge in [-0.25, -0.2) is 0 Å². The second-order valence-electron chi connectivity index (χ2n) is 5.28. The van der Waals surface area contributed by atoms with Crippen molar-refractivity contribution in [2.24, 2.45) is 0 Å². The molecule has 0 aliphatic carbocycles. The van der Waals surface area contributed by atoms with Crippen LogP contribution in [0.3, 0.4) is 0 Å². The van der Waals surface area contributed by atoms with Gasteiger partial charge in [0.15, 0.2) is 11.5 Å². The molecule has 2 rings (SSSR count). The van der Waals surface area contributed by atoms with Gasteiger partial charge in [0.2, 0.25) is 0 Å². The van der Waals surface area contributed by atoms with Crippen LogP contribution in [0.4, 0.5) is 0 Å². The number of benzene rings is 2.